The zero-order valence-corrected chi connectivity index (χ0v) is 13.1. The summed E-state index contributed by atoms with van der Waals surface area (Å²) in [5.41, 5.74) is 1.12. The molecule has 0 aliphatic heterocycles. The van der Waals surface area contributed by atoms with Gasteiger partial charge in [0, 0.05) is 12.2 Å². The molecule has 0 amide bonds. The lowest BCUT2D eigenvalue weighted by atomic mass is 10.0. The molecule has 20 heavy (non-hydrogen) atoms. The minimum absolute atomic E-state index is 0.0737. The maximum absolute atomic E-state index is 12.2. The average molecular weight is 294 g/mol. The first-order valence-electron chi connectivity index (χ1n) is 6.98. The Bertz CT molecular complexity index is 431. The number of carbonyl (C=O) groups is 2. The minimum atomic E-state index is -0.321. The van der Waals surface area contributed by atoms with Gasteiger partial charge in [-0.25, -0.2) is 0 Å². The summed E-state index contributed by atoms with van der Waals surface area (Å²) < 4.78 is 5.31. The van der Waals surface area contributed by atoms with Crippen LogP contribution in [-0.4, -0.2) is 17.2 Å². The van der Waals surface area contributed by atoms with Gasteiger partial charge in [0.05, 0.1) is 5.92 Å². The Balaban J connectivity index is 2.50. The fourth-order valence-electron chi connectivity index (χ4n) is 1.80. The van der Waals surface area contributed by atoms with E-state index in [4.69, 9.17) is 4.74 Å². The highest BCUT2D eigenvalue weighted by Gasteiger charge is 2.25. The number of esters is 1. The van der Waals surface area contributed by atoms with E-state index < -0.39 is 0 Å². The van der Waals surface area contributed by atoms with Gasteiger partial charge >= 0.3 is 5.97 Å². The molecule has 0 heterocycles. The highest BCUT2D eigenvalue weighted by atomic mass is 32.2. The van der Waals surface area contributed by atoms with Crippen LogP contribution < -0.4 is 0 Å². The lowest BCUT2D eigenvalue weighted by Gasteiger charge is -2.21. The van der Waals surface area contributed by atoms with Crippen molar-refractivity contribution < 1.29 is 14.3 Å². The lowest BCUT2D eigenvalue weighted by molar-refractivity contribution is -0.152. The molecule has 0 aliphatic carbocycles. The number of benzene rings is 1. The van der Waals surface area contributed by atoms with E-state index in [1.807, 2.05) is 44.2 Å². The molecule has 0 aromatic heterocycles. The summed E-state index contributed by atoms with van der Waals surface area (Å²) in [4.78, 5) is 23.5. The van der Waals surface area contributed by atoms with Gasteiger partial charge < -0.3 is 4.74 Å². The van der Waals surface area contributed by atoms with E-state index in [2.05, 4.69) is 0 Å². The van der Waals surface area contributed by atoms with Crippen molar-refractivity contribution in [1.29, 1.82) is 0 Å². The van der Waals surface area contributed by atoms with Crippen molar-refractivity contribution in [3.63, 3.8) is 0 Å². The molecule has 0 saturated carbocycles. The highest BCUT2D eigenvalue weighted by Crippen LogP contribution is 2.22. The second-order valence-corrected chi connectivity index (χ2v) is 5.65. The molecule has 4 heteroatoms. The van der Waals surface area contributed by atoms with E-state index in [-0.39, 0.29) is 23.1 Å². The van der Waals surface area contributed by atoms with Crippen molar-refractivity contribution in [2.75, 3.05) is 0 Å². The van der Waals surface area contributed by atoms with Crippen LogP contribution in [0.4, 0.5) is 0 Å². The summed E-state index contributed by atoms with van der Waals surface area (Å²) in [7, 11) is 0. The summed E-state index contributed by atoms with van der Waals surface area (Å²) in [6, 6.07) is 9.87. The molecule has 1 aromatic carbocycles. The number of thioether (sulfide) groups is 1. The normalized spacial score (nSPS) is 13.6. The molecule has 0 spiro atoms. The first kappa shape index (κ1) is 16.8. The Hall–Kier alpha value is -1.29. The molecule has 2 atom stereocenters. The monoisotopic (exact) mass is 294 g/mol. The maximum atomic E-state index is 12.2. The molecule has 1 rings (SSSR count). The predicted molar refractivity (Wildman–Crippen MR) is 82.4 cm³/mol. The molecule has 3 nitrogen and oxygen atoms in total. The summed E-state index contributed by atoms with van der Waals surface area (Å²) in [5, 5.41) is 0.0737. The fourth-order valence-corrected chi connectivity index (χ4v) is 2.72. The predicted octanol–water partition coefficient (Wildman–Crippen LogP) is 3.81. The summed E-state index contributed by atoms with van der Waals surface area (Å²) in [5.74, 6) is 0.135. The van der Waals surface area contributed by atoms with E-state index in [1.165, 1.54) is 11.8 Å². The van der Waals surface area contributed by atoms with E-state index in [1.54, 1.807) is 6.92 Å². The van der Waals surface area contributed by atoms with Crippen LogP contribution in [0.3, 0.4) is 0 Å². The van der Waals surface area contributed by atoms with Crippen LogP contribution in [0.2, 0.25) is 0 Å². The maximum Gasteiger partial charge on any atom is 0.305 e. The van der Waals surface area contributed by atoms with Gasteiger partial charge in [0.15, 0.2) is 5.12 Å². The van der Waals surface area contributed by atoms with Gasteiger partial charge in [-0.05, 0) is 12.0 Å². The SMILES string of the molecule is CCC(=O)O[C@@H](CC)[C@@H](C)C(=O)SCc1ccccc1. The average Bonchev–Trinajstić information content (AvgIpc) is 2.50. The van der Waals surface area contributed by atoms with Crippen LogP contribution in [0.5, 0.6) is 0 Å². The third-order valence-electron chi connectivity index (χ3n) is 3.13. The van der Waals surface area contributed by atoms with Crippen molar-refractivity contribution in [2.45, 2.75) is 45.5 Å². The Morgan fingerprint density at radius 1 is 1.20 bits per heavy atom. The Morgan fingerprint density at radius 2 is 1.85 bits per heavy atom. The zero-order chi connectivity index (χ0) is 15.0. The molecular weight excluding hydrogens is 272 g/mol. The van der Waals surface area contributed by atoms with Crippen molar-refractivity contribution >= 4 is 22.8 Å². The van der Waals surface area contributed by atoms with E-state index >= 15 is 0 Å². The molecule has 0 bridgehead atoms. The quantitative estimate of drug-likeness (QED) is 0.717. The first-order chi connectivity index (χ1) is 9.58. The van der Waals surface area contributed by atoms with Gasteiger partial charge in [-0.15, -0.1) is 0 Å². The van der Waals surface area contributed by atoms with Crippen LogP contribution in [0.25, 0.3) is 0 Å². The number of carbonyl (C=O) groups excluding carboxylic acids is 2. The molecule has 110 valence electrons. The van der Waals surface area contributed by atoms with Gasteiger partial charge in [0.25, 0.3) is 0 Å². The minimum Gasteiger partial charge on any atom is -0.462 e. The second kappa shape index (κ2) is 8.80. The largest absolute Gasteiger partial charge is 0.462 e. The Labute approximate surface area is 125 Å². The second-order valence-electron chi connectivity index (χ2n) is 4.67. The van der Waals surface area contributed by atoms with Crippen molar-refractivity contribution in [1.82, 2.24) is 0 Å². The van der Waals surface area contributed by atoms with E-state index in [0.29, 0.717) is 18.6 Å². The van der Waals surface area contributed by atoms with Crippen LogP contribution in [0, 0.1) is 5.92 Å². The van der Waals surface area contributed by atoms with Gasteiger partial charge in [-0.3, -0.25) is 9.59 Å². The van der Waals surface area contributed by atoms with Gasteiger partial charge in [0.2, 0.25) is 0 Å². The van der Waals surface area contributed by atoms with Crippen molar-refractivity contribution in [3.8, 4) is 0 Å². The molecule has 1 aromatic rings. The van der Waals surface area contributed by atoms with Crippen LogP contribution in [0.15, 0.2) is 30.3 Å². The Morgan fingerprint density at radius 3 is 2.40 bits per heavy atom. The van der Waals surface area contributed by atoms with Crippen molar-refractivity contribution in [2.24, 2.45) is 5.92 Å². The Kier molecular flexibility index (Phi) is 7.37. The number of hydrogen-bond acceptors (Lipinski definition) is 4. The summed E-state index contributed by atoms with van der Waals surface area (Å²) >= 11 is 1.29. The number of ether oxygens (including phenoxy) is 1. The summed E-state index contributed by atoms with van der Waals surface area (Å²) in [6.07, 6.45) is 0.678. The zero-order valence-electron chi connectivity index (χ0n) is 12.3. The summed E-state index contributed by atoms with van der Waals surface area (Å²) in [6.45, 7) is 5.52. The van der Waals surface area contributed by atoms with Crippen molar-refractivity contribution in [3.05, 3.63) is 35.9 Å². The van der Waals surface area contributed by atoms with Gasteiger partial charge in [-0.2, -0.15) is 0 Å². The topological polar surface area (TPSA) is 43.4 Å². The van der Waals surface area contributed by atoms with Gasteiger partial charge in [-0.1, -0.05) is 62.9 Å². The number of hydrogen-bond donors (Lipinski definition) is 0. The van der Waals surface area contributed by atoms with Crippen LogP contribution in [-0.2, 0) is 20.1 Å². The third-order valence-corrected chi connectivity index (χ3v) is 4.26. The van der Waals surface area contributed by atoms with Gasteiger partial charge in [0.1, 0.15) is 6.10 Å². The van der Waals surface area contributed by atoms with Crippen LogP contribution >= 0.6 is 11.8 Å². The fraction of sp³-hybridized carbons (Fsp3) is 0.500. The smallest absolute Gasteiger partial charge is 0.305 e. The molecule has 0 saturated heterocycles. The number of rotatable bonds is 7. The first-order valence-corrected chi connectivity index (χ1v) is 7.97. The lowest BCUT2D eigenvalue weighted by Crippen LogP contribution is -2.28. The standard InChI is InChI=1S/C16H22O3S/c1-4-14(19-15(17)5-2)12(3)16(18)20-11-13-9-7-6-8-10-13/h6-10,12,14H,4-5,11H2,1-3H3/t12-,14+/m1/s1. The molecule has 0 fully saturated rings. The molecule has 0 radical (unpaired) electrons. The molecule has 0 unspecified atom stereocenters. The van der Waals surface area contributed by atoms with E-state index in [0.717, 1.165) is 5.56 Å². The molecule has 0 aliphatic rings. The highest BCUT2D eigenvalue weighted by molar-refractivity contribution is 8.13. The molecular formula is C16H22O3S. The van der Waals surface area contributed by atoms with Crippen LogP contribution in [0.1, 0.15) is 39.2 Å². The molecule has 0 N–H and O–H groups in total. The van der Waals surface area contributed by atoms with E-state index in [9.17, 15) is 9.59 Å². The third kappa shape index (κ3) is 5.37.